The van der Waals surface area contributed by atoms with E-state index >= 15 is 0 Å². The number of hydrogen-bond donors (Lipinski definition) is 3. The fourth-order valence-corrected chi connectivity index (χ4v) is 3.13. The molecule has 0 unspecified atom stereocenters. The zero-order chi connectivity index (χ0) is 21.3. The number of anilines is 3. The monoisotopic (exact) mass is 410 g/mol. The van der Waals surface area contributed by atoms with Gasteiger partial charge in [0, 0.05) is 30.2 Å². The van der Waals surface area contributed by atoms with Gasteiger partial charge in [-0.1, -0.05) is 18.2 Å². The zero-order valence-electron chi connectivity index (χ0n) is 16.9. The van der Waals surface area contributed by atoms with Crippen LogP contribution in [0.1, 0.15) is 19.8 Å². The van der Waals surface area contributed by atoms with Gasteiger partial charge in [-0.15, -0.1) is 0 Å². The molecule has 2 aromatic rings. The lowest BCUT2D eigenvalue weighted by atomic mass is 10.2. The van der Waals surface area contributed by atoms with Gasteiger partial charge in [0.15, 0.2) is 6.61 Å². The highest BCUT2D eigenvalue weighted by Crippen LogP contribution is 2.22. The molecule has 0 aliphatic carbocycles. The van der Waals surface area contributed by atoms with Gasteiger partial charge in [0.1, 0.15) is 6.04 Å². The molecule has 8 nitrogen and oxygen atoms in total. The van der Waals surface area contributed by atoms with Crippen LogP contribution in [-0.4, -0.2) is 43.6 Å². The predicted molar refractivity (Wildman–Crippen MR) is 116 cm³/mol. The number of ether oxygens (including phenoxy) is 1. The summed E-state index contributed by atoms with van der Waals surface area (Å²) in [5.74, 6) is -1.14. The standard InChI is InChI=1S/C22H26N4O4/c1-16(23-22(29)25-17-7-3-2-4-8-17)21(28)30-15-20(27)24-18-9-11-19(12-10-18)26-13-5-6-14-26/h2-4,7-12,16H,5-6,13-15H2,1H3,(H,24,27)(H2,23,25,29)/t16-/m0/s1. The van der Waals surface area contributed by atoms with Crippen LogP contribution in [-0.2, 0) is 14.3 Å². The highest BCUT2D eigenvalue weighted by Gasteiger charge is 2.18. The first-order valence-electron chi connectivity index (χ1n) is 9.95. The highest BCUT2D eigenvalue weighted by atomic mass is 16.5. The van der Waals surface area contributed by atoms with E-state index in [4.69, 9.17) is 4.74 Å². The summed E-state index contributed by atoms with van der Waals surface area (Å²) in [6.45, 7) is 3.16. The first-order chi connectivity index (χ1) is 14.5. The van der Waals surface area contributed by atoms with Crippen molar-refractivity contribution in [3.63, 3.8) is 0 Å². The van der Waals surface area contributed by atoms with Gasteiger partial charge in [-0.05, 0) is 56.2 Å². The molecule has 0 aromatic heterocycles. The van der Waals surface area contributed by atoms with Gasteiger partial charge in [-0.25, -0.2) is 9.59 Å². The van der Waals surface area contributed by atoms with Crippen LogP contribution in [0.2, 0.25) is 0 Å². The maximum Gasteiger partial charge on any atom is 0.328 e. The summed E-state index contributed by atoms with van der Waals surface area (Å²) >= 11 is 0. The highest BCUT2D eigenvalue weighted by molar-refractivity contribution is 5.95. The van der Waals surface area contributed by atoms with Crippen molar-refractivity contribution in [3.05, 3.63) is 54.6 Å². The predicted octanol–water partition coefficient (Wildman–Crippen LogP) is 2.98. The normalized spacial score (nSPS) is 14.0. The number of benzene rings is 2. The second-order valence-electron chi connectivity index (χ2n) is 7.08. The Kier molecular flexibility index (Phi) is 7.26. The Morgan fingerprint density at radius 3 is 2.23 bits per heavy atom. The molecule has 1 fully saturated rings. The van der Waals surface area contributed by atoms with Crippen LogP contribution in [0, 0.1) is 0 Å². The van der Waals surface area contributed by atoms with Crippen molar-refractivity contribution in [3.8, 4) is 0 Å². The van der Waals surface area contributed by atoms with Crippen LogP contribution in [0.3, 0.4) is 0 Å². The van der Waals surface area contributed by atoms with E-state index in [1.165, 1.54) is 19.8 Å². The lowest BCUT2D eigenvalue weighted by molar-refractivity contribution is -0.148. The summed E-state index contributed by atoms with van der Waals surface area (Å²) in [5, 5.41) is 7.78. The SMILES string of the molecule is C[C@H](NC(=O)Nc1ccccc1)C(=O)OCC(=O)Nc1ccc(N2CCCC2)cc1. The Morgan fingerprint density at radius 1 is 0.933 bits per heavy atom. The largest absolute Gasteiger partial charge is 0.454 e. The molecule has 0 bridgehead atoms. The third-order valence-corrected chi connectivity index (χ3v) is 4.70. The number of nitrogens with zero attached hydrogens (tertiary/aromatic N) is 1. The first kappa shape index (κ1) is 21.2. The minimum Gasteiger partial charge on any atom is -0.454 e. The Morgan fingerprint density at radius 2 is 1.57 bits per heavy atom. The number of carbonyl (C=O) groups is 3. The van der Waals surface area contributed by atoms with Gasteiger partial charge >= 0.3 is 12.0 Å². The lowest BCUT2D eigenvalue weighted by Gasteiger charge is -2.18. The van der Waals surface area contributed by atoms with Crippen LogP contribution in [0.4, 0.5) is 21.9 Å². The van der Waals surface area contributed by atoms with E-state index in [1.807, 2.05) is 30.3 Å². The Hall–Kier alpha value is -3.55. The molecule has 1 heterocycles. The quantitative estimate of drug-likeness (QED) is 0.610. The smallest absolute Gasteiger partial charge is 0.328 e. The van der Waals surface area contributed by atoms with E-state index < -0.39 is 30.6 Å². The summed E-state index contributed by atoms with van der Waals surface area (Å²) in [4.78, 5) is 38.3. The summed E-state index contributed by atoms with van der Waals surface area (Å²) in [6, 6.07) is 15.0. The average molecular weight is 410 g/mol. The van der Waals surface area contributed by atoms with Crippen LogP contribution in [0.15, 0.2) is 54.6 Å². The van der Waals surface area contributed by atoms with E-state index in [1.54, 1.807) is 24.3 Å². The molecular weight excluding hydrogens is 384 g/mol. The molecular formula is C22H26N4O4. The van der Waals surface area contributed by atoms with Crippen molar-refractivity contribution in [1.29, 1.82) is 0 Å². The third kappa shape index (κ3) is 6.23. The number of nitrogens with one attached hydrogen (secondary N) is 3. The Bertz CT molecular complexity index is 864. The molecule has 1 atom stereocenters. The molecule has 0 radical (unpaired) electrons. The van der Waals surface area contributed by atoms with Crippen LogP contribution in [0.5, 0.6) is 0 Å². The van der Waals surface area contributed by atoms with Crippen LogP contribution >= 0.6 is 0 Å². The summed E-state index contributed by atoms with van der Waals surface area (Å²) in [6.07, 6.45) is 2.40. The zero-order valence-corrected chi connectivity index (χ0v) is 16.9. The fourth-order valence-electron chi connectivity index (χ4n) is 3.13. The van der Waals surface area contributed by atoms with E-state index in [0.29, 0.717) is 11.4 Å². The van der Waals surface area contributed by atoms with Crippen molar-refractivity contribution in [2.75, 3.05) is 35.2 Å². The molecule has 2 aromatic carbocycles. The molecule has 3 rings (SSSR count). The Balaban J connectivity index is 1.39. The number of esters is 1. The second kappa shape index (κ2) is 10.3. The number of amides is 3. The van der Waals surface area contributed by atoms with E-state index in [-0.39, 0.29) is 0 Å². The van der Waals surface area contributed by atoms with E-state index in [2.05, 4.69) is 20.9 Å². The maximum atomic E-state index is 12.0. The summed E-state index contributed by atoms with van der Waals surface area (Å²) < 4.78 is 4.99. The minimum absolute atomic E-state index is 0.432. The van der Waals surface area contributed by atoms with E-state index in [9.17, 15) is 14.4 Å². The van der Waals surface area contributed by atoms with Crippen molar-refractivity contribution in [1.82, 2.24) is 5.32 Å². The van der Waals surface area contributed by atoms with Gasteiger partial charge in [0.05, 0.1) is 0 Å². The summed E-state index contributed by atoms with van der Waals surface area (Å²) in [5.41, 5.74) is 2.36. The van der Waals surface area contributed by atoms with Crippen molar-refractivity contribution >= 4 is 35.0 Å². The summed E-state index contributed by atoms with van der Waals surface area (Å²) in [7, 11) is 0. The van der Waals surface area contributed by atoms with Gasteiger partial charge in [-0.3, -0.25) is 4.79 Å². The molecule has 3 N–H and O–H groups in total. The average Bonchev–Trinajstić information content (AvgIpc) is 3.28. The molecule has 0 saturated carbocycles. The van der Waals surface area contributed by atoms with Gasteiger partial charge < -0.3 is 25.6 Å². The number of urea groups is 1. The lowest BCUT2D eigenvalue weighted by Crippen LogP contribution is -2.42. The Labute approximate surface area is 175 Å². The van der Waals surface area contributed by atoms with Gasteiger partial charge in [0.25, 0.3) is 5.91 Å². The molecule has 1 aliphatic heterocycles. The number of carbonyl (C=O) groups excluding carboxylic acids is 3. The topological polar surface area (TPSA) is 99.8 Å². The van der Waals surface area contributed by atoms with Crippen molar-refractivity contribution < 1.29 is 19.1 Å². The van der Waals surface area contributed by atoms with Gasteiger partial charge in [0.2, 0.25) is 0 Å². The van der Waals surface area contributed by atoms with Crippen LogP contribution in [0.25, 0.3) is 0 Å². The number of hydrogen-bond acceptors (Lipinski definition) is 5. The molecule has 158 valence electrons. The van der Waals surface area contributed by atoms with Crippen molar-refractivity contribution in [2.45, 2.75) is 25.8 Å². The first-order valence-corrected chi connectivity index (χ1v) is 9.95. The van der Waals surface area contributed by atoms with E-state index in [0.717, 1.165) is 18.8 Å². The van der Waals surface area contributed by atoms with Gasteiger partial charge in [-0.2, -0.15) is 0 Å². The van der Waals surface area contributed by atoms with Crippen LogP contribution < -0.4 is 20.9 Å². The number of rotatable bonds is 7. The third-order valence-electron chi connectivity index (χ3n) is 4.70. The minimum atomic E-state index is -0.902. The molecule has 1 aliphatic rings. The molecule has 3 amide bonds. The molecule has 0 spiro atoms. The fraction of sp³-hybridized carbons (Fsp3) is 0.318. The maximum absolute atomic E-state index is 12.0. The second-order valence-corrected chi connectivity index (χ2v) is 7.08. The van der Waals surface area contributed by atoms with Crippen molar-refractivity contribution in [2.24, 2.45) is 0 Å². The molecule has 8 heteroatoms. The number of para-hydroxylation sites is 1. The molecule has 1 saturated heterocycles. The molecule has 30 heavy (non-hydrogen) atoms.